The number of rotatable bonds is 3. The third-order valence-electron chi connectivity index (χ3n) is 3.08. The molecule has 0 aliphatic carbocycles. The van der Waals surface area contributed by atoms with Gasteiger partial charge in [-0.2, -0.15) is 10.5 Å². The number of aromatic nitrogens is 1. The van der Waals surface area contributed by atoms with Gasteiger partial charge < -0.3 is 9.73 Å². The SMILES string of the molecule is N#CC(C#N)=CNc1ccc2oc(-c3cccc(I)c3)nc2c1. The molecule has 1 N–H and O–H groups in total. The van der Waals surface area contributed by atoms with E-state index < -0.39 is 0 Å². The quantitative estimate of drug-likeness (QED) is 0.508. The Balaban J connectivity index is 1.94. The summed E-state index contributed by atoms with van der Waals surface area (Å²) in [5, 5.41) is 20.3. The molecular weight excluding hydrogens is 403 g/mol. The molecule has 0 aliphatic heterocycles. The monoisotopic (exact) mass is 412 g/mol. The van der Waals surface area contributed by atoms with Gasteiger partial charge in [-0.3, -0.25) is 0 Å². The first-order chi connectivity index (χ1) is 11.2. The molecule has 5 nitrogen and oxygen atoms in total. The number of halogens is 1. The van der Waals surface area contributed by atoms with Gasteiger partial charge in [0, 0.05) is 21.0 Å². The van der Waals surface area contributed by atoms with Crippen molar-refractivity contribution in [1.29, 1.82) is 10.5 Å². The van der Waals surface area contributed by atoms with Gasteiger partial charge in [0.1, 0.15) is 23.2 Å². The van der Waals surface area contributed by atoms with Crippen LogP contribution in [0.1, 0.15) is 0 Å². The Bertz CT molecular complexity index is 976. The minimum absolute atomic E-state index is 0.00444. The lowest BCUT2D eigenvalue weighted by Gasteiger charge is -1.98. The van der Waals surface area contributed by atoms with E-state index in [-0.39, 0.29) is 5.57 Å². The number of oxazole rings is 1. The van der Waals surface area contributed by atoms with Crippen molar-refractivity contribution in [1.82, 2.24) is 4.98 Å². The van der Waals surface area contributed by atoms with Gasteiger partial charge in [-0.15, -0.1) is 0 Å². The Hall–Kier alpha value is -2.84. The molecule has 6 heteroatoms. The number of hydrogen-bond donors (Lipinski definition) is 1. The van der Waals surface area contributed by atoms with Crippen molar-refractivity contribution < 1.29 is 4.42 Å². The highest BCUT2D eigenvalue weighted by atomic mass is 127. The average molecular weight is 412 g/mol. The van der Waals surface area contributed by atoms with Crippen LogP contribution in [0.3, 0.4) is 0 Å². The van der Waals surface area contributed by atoms with E-state index in [1.54, 1.807) is 30.3 Å². The number of anilines is 1. The van der Waals surface area contributed by atoms with Gasteiger partial charge >= 0.3 is 0 Å². The van der Waals surface area contributed by atoms with Crippen molar-refractivity contribution in [2.45, 2.75) is 0 Å². The van der Waals surface area contributed by atoms with Crippen LogP contribution in [0.5, 0.6) is 0 Å². The van der Waals surface area contributed by atoms with Crippen LogP contribution in [0.2, 0.25) is 0 Å². The van der Waals surface area contributed by atoms with Crippen molar-refractivity contribution in [2.24, 2.45) is 0 Å². The molecule has 0 atom stereocenters. The van der Waals surface area contributed by atoms with Gasteiger partial charge in [0.25, 0.3) is 0 Å². The van der Waals surface area contributed by atoms with Crippen molar-refractivity contribution in [2.75, 3.05) is 5.32 Å². The third-order valence-corrected chi connectivity index (χ3v) is 3.75. The number of hydrogen-bond acceptors (Lipinski definition) is 5. The minimum Gasteiger partial charge on any atom is -0.436 e. The average Bonchev–Trinajstić information content (AvgIpc) is 2.99. The van der Waals surface area contributed by atoms with Crippen LogP contribution in [-0.2, 0) is 0 Å². The van der Waals surface area contributed by atoms with Crippen LogP contribution in [0, 0.1) is 26.2 Å². The smallest absolute Gasteiger partial charge is 0.227 e. The Morgan fingerprint density at radius 3 is 2.74 bits per heavy atom. The van der Waals surface area contributed by atoms with Crippen LogP contribution in [-0.4, -0.2) is 4.98 Å². The van der Waals surface area contributed by atoms with E-state index in [1.807, 2.05) is 24.3 Å². The van der Waals surface area contributed by atoms with E-state index in [0.717, 1.165) is 14.8 Å². The van der Waals surface area contributed by atoms with Gasteiger partial charge in [0.15, 0.2) is 5.58 Å². The maximum Gasteiger partial charge on any atom is 0.227 e. The van der Waals surface area contributed by atoms with Gasteiger partial charge in [-0.1, -0.05) is 6.07 Å². The number of allylic oxidation sites excluding steroid dienone is 1. The summed E-state index contributed by atoms with van der Waals surface area (Å²) in [7, 11) is 0. The first kappa shape index (κ1) is 15.1. The molecule has 3 rings (SSSR count). The normalized spacial score (nSPS) is 9.87. The summed E-state index contributed by atoms with van der Waals surface area (Å²) in [5.41, 5.74) is 3.02. The molecular formula is C17H9IN4O. The molecule has 0 unspecified atom stereocenters. The highest BCUT2D eigenvalue weighted by Gasteiger charge is 2.09. The van der Waals surface area contributed by atoms with E-state index in [4.69, 9.17) is 14.9 Å². The molecule has 0 bridgehead atoms. The molecule has 1 heterocycles. The molecule has 110 valence electrons. The summed E-state index contributed by atoms with van der Waals surface area (Å²) in [4.78, 5) is 4.49. The van der Waals surface area contributed by atoms with Crippen LogP contribution >= 0.6 is 22.6 Å². The predicted octanol–water partition coefficient (Wildman–Crippen LogP) is 4.44. The van der Waals surface area contributed by atoms with Gasteiger partial charge in [-0.05, 0) is 59.0 Å². The first-order valence-corrected chi connectivity index (χ1v) is 7.71. The lowest BCUT2D eigenvalue weighted by atomic mass is 10.2. The van der Waals surface area contributed by atoms with Gasteiger partial charge in [0.2, 0.25) is 5.89 Å². The van der Waals surface area contributed by atoms with E-state index in [2.05, 4.69) is 32.9 Å². The maximum atomic E-state index is 8.72. The van der Waals surface area contributed by atoms with Gasteiger partial charge in [0.05, 0.1) is 0 Å². The zero-order valence-electron chi connectivity index (χ0n) is 11.7. The van der Waals surface area contributed by atoms with Crippen LogP contribution in [0.4, 0.5) is 5.69 Å². The Kier molecular flexibility index (Phi) is 4.26. The zero-order chi connectivity index (χ0) is 16.2. The molecule has 0 fully saturated rings. The molecule has 0 amide bonds. The molecule has 23 heavy (non-hydrogen) atoms. The van der Waals surface area contributed by atoms with E-state index >= 15 is 0 Å². The molecule has 2 aromatic carbocycles. The second-order valence-corrected chi connectivity index (χ2v) is 5.88. The predicted molar refractivity (Wildman–Crippen MR) is 95.1 cm³/mol. The molecule has 1 aromatic heterocycles. The Morgan fingerprint density at radius 2 is 2.00 bits per heavy atom. The number of fused-ring (bicyclic) bond motifs is 1. The van der Waals surface area contributed by atoms with Crippen molar-refractivity contribution in [3.05, 3.63) is 57.8 Å². The molecule has 0 aliphatic rings. The molecule has 0 radical (unpaired) electrons. The second kappa shape index (κ2) is 6.51. The number of nitrogens with one attached hydrogen (secondary N) is 1. The minimum atomic E-state index is 0.00444. The molecule has 0 spiro atoms. The summed E-state index contributed by atoms with van der Waals surface area (Å²) in [6.07, 6.45) is 1.36. The fourth-order valence-electron chi connectivity index (χ4n) is 2.01. The van der Waals surface area contributed by atoms with E-state index in [0.29, 0.717) is 17.0 Å². The second-order valence-electron chi connectivity index (χ2n) is 4.64. The fourth-order valence-corrected chi connectivity index (χ4v) is 2.55. The summed E-state index contributed by atoms with van der Waals surface area (Å²) >= 11 is 2.24. The maximum absolute atomic E-state index is 8.72. The van der Waals surface area contributed by atoms with Crippen molar-refractivity contribution in [3.63, 3.8) is 0 Å². The molecule has 0 saturated heterocycles. The summed E-state index contributed by atoms with van der Waals surface area (Å²) in [6, 6.07) is 16.9. The Morgan fingerprint density at radius 1 is 1.17 bits per heavy atom. The first-order valence-electron chi connectivity index (χ1n) is 6.63. The van der Waals surface area contributed by atoms with E-state index in [1.165, 1.54) is 6.20 Å². The highest BCUT2D eigenvalue weighted by Crippen LogP contribution is 2.27. The van der Waals surface area contributed by atoms with Crippen molar-refractivity contribution in [3.8, 4) is 23.6 Å². The lowest BCUT2D eigenvalue weighted by molar-refractivity contribution is 0.620. The highest BCUT2D eigenvalue weighted by molar-refractivity contribution is 14.1. The largest absolute Gasteiger partial charge is 0.436 e. The molecule has 0 saturated carbocycles. The topological polar surface area (TPSA) is 85.6 Å². The standard InChI is InChI=1S/C17H9IN4O/c18-13-3-1-2-12(6-13)17-22-15-7-14(4-5-16(15)23-17)21-10-11(8-19)9-20/h1-7,10,21H. The summed E-state index contributed by atoms with van der Waals surface area (Å²) < 4.78 is 6.88. The number of nitrogens with zero attached hydrogens (tertiary/aromatic N) is 3. The van der Waals surface area contributed by atoms with Crippen LogP contribution < -0.4 is 5.32 Å². The van der Waals surface area contributed by atoms with Crippen LogP contribution in [0.15, 0.2) is 58.7 Å². The number of nitriles is 2. The van der Waals surface area contributed by atoms with Gasteiger partial charge in [-0.25, -0.2) is 4.98 Å². The Labute approximate surface area is 146 Å². The van der Waals surface area contributed by atoms with Crippen LogP contribution in [0.25, 0.3) is 22.6 Å². The summed E-state index contributed by atoms with van der Waals surface area (Å²) in [5.74, 6) is 0.556. The summed E-state index contributed by atoms with van der Waals surface area (Å²) in [6.45, 7) is 0. The third kappa shape index (κ3) is 3.33. The van der Waals surface area contributed by atoms with E-state index in [9.17, 15) is 0 Å². The fraction of sp³-hybridized carbons (Fsp3) is 0. The molecule has 3 aromatic rings. The number of benzene rings is 2. The zero-order valence-corrected chi connectivity index (χ0v) is 13.9. The lowest BCUT2D eigenvalue weighted by Crippen LogP contribution is -1.89. The van der Waals surface area contributed by atoms with Crippen molar-refractivity contribution >= 4 is 39.4 Å².